The maximum absolute atomic E-state index is 4.97. The Kier molecular flexibility index (Phi) is 7.07. The summed E-state index contributed by atoms with van der Waals surface area (Å²) in [5.41, 5.74) is 9.70. The van der Waals surface area contributed by atoms with Crippen LogP contribution in [0.3, 0.4) is 0 Å². The number of nitrogens with one attached hydrogen (secondary N) is 3. The lowest BCUT2D eigenvalue weighted by Gasteiger charge is -2.07. The number of H-pyrrole nitrogens is 2. The predicted octanol–water partition coefficient (Wildman–Crippen LogP) is 6.02. The number of hydrogen-bond donors (Lipinski definition) is 3. The lowest BCUT2D eigenvalue weighted by Crippen LogP contribution is -2.12. The Morgan fingerprint density at radius 3 is 2.62 bits per heavy atom. The van der Waals surface area contributed by atoms with Crippen molar-refractivity contribution in [2.75, 3.05) is 0 Å². The molecule has 0 spiro atoms. The molecule has 40 heavy (non-hydrogen) atoms. The van der Waals surface area contributed by atoms with E-state index in [4.69, 9.17) is 9.97 Å². The van der Waals surface area contributed by atoms with Crippen LogP contribution in [0.4, 0.5) is 0 Å². The Balaban J connectivity index is 1.29. The van der Waals surface area contributed by atoms with Gasteiger partial charge >= 0.3 is 0 Å². The number of nitrogens with zero attached hydrogens (tertiary/aromatic N) is 5. The Morgan fingerprint density at radius 2 is 1.80 bits per heavy atom. The van der Waals surface area contributed by atoms with Crippen LogP contribution < -0.4 is 5.32 Å². The fourth-order valence-corrected chi connectivity index (χ4v) is 4.66. The fourth-order valence-electron chi connectivity index (χ4n) is 4.66. The molecule has 0 unspecified atom stereocenters. The molecule has 0 saturated heterocycles. The summed E-state index contributed by atoms with van der Waals surface area (Å²) in [6.45, 7) is 7.37. The second kappa shape index (κ2) is 11.3. The van der Waals surface area contributed by atoms with Gasteiger partial charge in [0.05, 0.1) is 22.6 Å². The lowest BCUT2D eigenvalue weighted by molar-refractivity contribution is 0.691. The van der Waals surface area contributed by atoms with Crippen LogP contribution in [0.1, 0.15) is 28.2 Å². The van der Waals surface area contributed by atoms with Crippen molar-refractivity contribution in [3.05, 3.63) is 132 Å². The van der Waals surface area contributed by atoms with E-state index < -0.39 is 0 Å². The molecule has 196 valence electrons. The summed E-state index contributed by atoms with van der Waals surface area (Å²) in [7, 11) is 0. The van der Waals surface area contributed by atoms with Gasteiger partial charge in [0.2, 0.25) is 0 Å². The molecule has 0 aliphatic carbocycles. The summed E-state index contributed by atoms with van der Waals surface area (Å²) in [5.74, 6) is 0.631. The fraction of sp³-hybridized carbons (Fsp3) is 0.0938. The first-order valence-electron chi connectivity index (χ1n) is 13.0. The van der Waals surface area contributed by atoms with E-state index in [0.717, 1.165) is 57.1 Å². The van der Waals surface area contributed by atoms with Gasteiger partial charge in [-0.2, -0.15) is 5.10 Å². The summed E-state index contributed by atoms with van der Waals surface area (Å²) in [5, 5.41) is 11.1. The predicted molar refractivity (Wildman–Crippen MR) is 158 cm³/mol. The molecule has 1 aromatic carbocycles. The molecule has 8 nitrogen and oxygen atoms in total. The van der Waals surface area contributed by atoms with Crippen molar-refractivity contribution in [3.8, 4) is 22.8 Å². The number of fused-ring (bicyclic) bond motifs is 1. The van der Waals surface area contributed by atoms with Crippen LogP contribution >= 0.6 is 0 Å². The van der Waals surface area contributed by atoms with Gasteiger partial charge in [-0.05, 0) is 48.4 Å². The van der Waals surface area contributed by atoms with E-state index in [-0.39, 0.29) is 0 Å². The topological polar surface area (TPSA) is 108 Å². The summed E-state index contributed by atoms with van der Waals surface area (Å²) < 4.78 is 0. The van der Waals surface area contributed by atoms with Crippen LogP contribution in [0.15, 0.2) is 104 Å². The van der Waals surface area contributed by atoms with Crippen LogP contribution in [-0.2, 0) is 13.1 Å². The molecule has 0 fully saturated rings. The summed E-state index contributed by atoms with van der Waals surface area (Å²) >= 11 is 0. The average Bonchev–Trinajstić information content (AvgIpc) is 3.60. The van der Waals surface area contributed by atoms with Crippen molar-refractivity contribution in [3.63, 3.8) is 0 Å². The maximum atomic E-state index is 4.97. The molecule has 6 rings (SSSR count). The van der Waals surface area contributed by atoms with Gasteiger partial charge in [0.1, 0.15) is 5.52 Å². The molecule has 6 aromatic rings. The van der Waals surface area contributed by atoms with Crippen LogP contribution in [0.2, 0.25) is 0 Å². The van der Waals surface area contributed by atoms with Crippen molar-refractivity contribution in [1.29, 1.82) is 0 Å². The van der Waals surface area contributed by atoms with E-state index in [1.165, 1.54) is 5.56 Å². The molecule has 5 aromatic heterocycles. The highest BCUT2D eigenvalue weighted by Gasteiger charge is 2.19. The van der Waals surface area contributed by atoms with Crippen LogP contribution in [0.25, 0.3) is 39.4 Å². The largest absolute Gasteiger partial charge is 0.340 e. The van der Waals surface area contributed by atoms with Gasteiger partial charge < -0.3 is 10.3 Å². The second-order valence-corrected chi connectivity index (χ2v) is 9.43. The van der Waals surface area contributed by atoms with Crippen molar-refractivity contribution >= 4 is 16.6 Å². The Morgan fingerprint density at radius 1 is 0.950 bits per heavy atom. The molecule has 8 heteroatoms. The second-order valence-electron chi connectivity index (χ2n) is 9.43. The molecule has 0 radical (unpaired) electrons. The van der Waals surface area contributed by atoms with Gasteiger partial charge in [0.25, 0.3) is 0 Å². The van der Waals surface area contributed by atoms with Crippen LogP contribution in [-0.4, -0.2) is 35.1 Å². The summed E-state index contributed by atoms with van der Waals surface area (Å²) in [6, 6.07) is 22.2. The molecular weight excluding hydrogens is 496 g/mol. The molecule has 0 saturated carbocycles. The number of aromatic amines is 2. The summed E-state index contributed by atoms with van der Waals surface area (Å²) in [4.78, 5) is 22.3. The van der Waals surface area contributed by atoms with Crippen molar-refractivity contribution in [2.24, 2.45) is 0 Å². The lowest BCUT2D eigenvalue weighted by atomic mass is 10.1. The van der Waals surface area contributed by atoms with E-state index in [0.29, 0.717) is 18.1 Å². The highest BCUT2D eigenvalue weighted by atomic mass is 15.2. The third-order valence-electron chi connectivity index (χ3n) is 6.59. The van der Waals surface area contributed by atoms with Crippen LogP contribution in [0.5, 0.6) is 0 Å². The van der Waals surface area contributed by atoms with Crippen molar-refractivity contribution < 1.29 is 0 Å². The zero-order valence-corrected chi connectivity index (χ0v) is 22.1. The van der Waals surface area contributed by atoms with E-state index in [2.05, 4.69) is 55.2 Å². The maximum Gasteiger partial charge on any atom is 0.161 e. The monoisotopic (exact) mass is 524 g/mol. The number of rotatable bonds is 9. The van der Waals surface area contributed by atoms with Crippen molar-refractivity contribution in [1.82, 2.24) is 40.4 Å². The first kappa shape index (κ1) is 25.1. The zero-order chi connectivity index (χ0) is 27.3. The Bertz CT molecular complexity index is 1800. The number of aromatic nitrogens is 7. The van der Waals surface area contributed by atoms with E-state index in [9.17, 15) is 0 Å². The summed E-state index contributed by atoms with van der Waals surface area (Å²) in [6.07, 6.45) is 9.15. The molecule has 0 aliphatic heterocycles. The van der Waals surface area contributed by atoms with E-state index in [1.807, 2.05) is 73.9 Å². The number of aryl methyl sites for hydroxylation is 1. The molecule has 0 bridgehead atoms. The quantitative estimate of drug-likeness (QED) is 0.200. The van der Waals surface area contributed by atoms with Gasteiger partial charge in [0, 0.05) is 48.5 Å². The third kappa shape index (κ3) is 5.21. The molecule has 0 aliphatic rings. The molecular formula is C32H28N8. The highest BCUT2D eigenvalue weighted by molar-refractivity contribution is 5.90. The van der Waals surface area contributed by atoms with E-state index >= 15 is 0 Å². The van der Waals surface area contributed by atoms with Gasteiger partial charge in [-0.15, -0.1) is 0 Å². The number of imidazole rings is 1. The number of pyridine rings is 3. The van der Waals surface area contributed by atoms with Crippen molar-refractivity contribution in [2.45, 2.75) is 20.0 Å². The SMILES string of the molecule is C=C/C=C(/c1ccccn1)c1nc(-c2n[nH]c3ccc(-c4cncc(CNCc5ccccc5)c4)nc23)[nH]c1C. The first-order chi connectivity index (χ1) is 19.7. The third-order valence-corrected chi connectivity index (χ3v) is 6.59. The Hall–Kier alpha value is -5.21. The number of benzene rings is 1. The zero-order valence-electron chi connectivity index (χ0n) is 22.1. The molecule has 3 N–H and O–H groups in total. The minimum absolute atomic E-state index is 0.631. The van der Waals surface area contributed by atoms with Crippen LogP contribution in [0, 0.1) is 6.92 Å². The molecule has 0 atom stereocenters. The average molecular weight is 525 g/mol. The van der Waals surface area contributed by atoms with Gasteiger partial charge in [-0.3, -0.25) is 15.1 Å². The number of allylic oxidation sites excluding steroid dienone is 2. The minimum atomic E-state index is 0.631. The van der Waals surface area contributed by atoms with E-state index in [1.54, 1.807) is 12.3 Å². The van der Waals surface area contributed by atoms with Gasteiger partial charge in [-0.25, -0.2) is 9.97 Å². The first-order valence-corrected chi connectivity index (χ1v) is 13.0. The minimum Gasteiger partial charge on any atom is -0.340 e. The molecule has 0 amide bonds. The normalized spacial score (nSPS) is 11.7. The Labute approximate surface area is 232 Å². The van der Waals surface area contributed by atoms with Gasteiger partial charge in [0.15, 0.2) is 11.5 Å². The van der Waals surface area contributed by atoms with Gasteiger partial charge in [-0.1, -0.05) is 55.1 Å². The standard InChI is InChI=1S/C32H28N8/c1-3-9-25(27-12-7-8-15-35-27)29-21(2)36-32(38-29)31-30-28(39-40-31)14-13-26(37-30)24-16-23(19-34-20-24)18-33-17-22-10-5-4-6-11-22/h3-16,19-20,33H,1,17-18H2,2H3,(H,36,38)(H,39,40)/b25-9-. The molecule has 5 heterocycles. The number of hydrogen-bond acceptors (Lipinski definition) is 6. The smallest absolute Gasteiger partial charge is 0.161 e. The highest BCUT2D eigenvalue weighted by Crippen LogP contribution is 2.30.